The van der Waals surface area contributed by atoms with Crippen molar-refractivity contribution < 1.29 is 9.21 Å². The van der Waals surface area contributed by atoms with Crippen molar-refractivity contribution in [2.45, 2.75) is 20.4 Å². The third-order valence-electron chi connectivity index (χ3n) is 3.16. The first-order valence-electron chi connectivity index (χ1n) is 6.36. The summed E-state index contributed by atoms with van der Waals surface area (Å²) in [5.41, 5.74) is 0.423. The van der Waals surface area contributed by atoms with E-state index >= 15 is 0 Å². The van der Waals surface area contributed by atoms with Crippen LogP contribution < -0.4 is 10.9 Å². The van der Waals surface area contributed by atoms with E-state index in [-0.39, 0.29) is 11.5 Å². The average molecular weight is 303 g/mol. The Bertz CT molecular complexity index is 875. The Labute approximate surface area is 123 Å². The number of amides is 1. The number of furan rings is 1. The fourth-order valence-corrected chi connectivity index (χ4v) is 3.19. The van der Waals surface area contributed by atoms with Crippen molar-refractivity contribution in [3.8, 4) is 0 Å². The average Bonchev–Trinajstić information content (AvgIpc) is 3.01. The van der Waals surface area contributed by atoms with Gasteiger partial charge in [-0.1, -0.05) is 0 Å². The Hall–Kier alpha value is -2.41. The van der Waals surface area contributed by atoms with Crippen molar-refractivity contribution >= 4 is 27.5 Å². The number of aryl methyl sites for hydroxylation is 2. The van der Waals surface area contributed by atoms with Gasteiger partial charge in [-0.05, 0) is 31.5 Å². The van der Waals surface area contributed by atoms with Crippen molar-refractivity contribution in [2.75, 3.05) is 0 Å². The second-order valence-electron chi connectivity index (χ2n) is 4.66. The van der Waals surface area contributed by atoms with Crippen molar-refractivity contribution in [3.05, 3.63) is 50.8 Å². The first kappa shape index (κ1) is 13.6. The van der Waals surface area contributed by atoms with Crippen LogP contribution in [-0.4, -0.2) is 15.9 Å². The molecular formula is C14H13N3O3S. The molecule has 0 unspecified atom stereocenters. The van der Waals surface area contributed by atoms with Crippen molar-refractivity contribution in [2.24, 2.45) is 0 Å². The van der Waals surface area contributed by atoms with Crippen LogP contribution in [0, 0.1) is 13.8 Å². The molecule has 3 heterocycles. The molecule has 6 nitrogen and oxygen atoms in total. The van der Waals surface area contributed by atoms with Gasteiger partial charge in [0.2, 0.25) is 0 Å². The minimum Gasteiger partial charge on any atom is -0.465 e. The number of carbonyl (C=O) groups is 1. The lowest BCUT2D eigenvalue weighted by Crippen LogP contribution is -2.22. The van der Waals surface area contributed by atoms with Crippen LogP contribution >= 0.6 is 11.3 Å². The minimum absolute atomic E-state index is 0.227. The van der Waals surface area contributed by atoms with Crippen LogP contribution in [0.1, 0.15) is 26.8 Å². The molecule has 0 aliphatic carbocycles. The van der Waals surface area contributed by atoms with E-state index < -0.39 is 0 Å². The lowest BCUT2D eigenvalue weighted by molar-refractivity contribution is 0.0951. The lowest BCUT2D eigenvalue weighted by Gasteiger charge is -2.02. The first-order valence-corrected chi connectivity index (χ1v) is 7.18. The van der Waals surface area contributed by atoms with Gasteiger partial charge in [0.1, 0.15) is 16.4 Å². The minimum atomic E-state index is -0.232. The van der Waals surface area contributed by atoms with Crippen LogP contribution in [0.15, 0.2) is 27.7 Å². The molecule has 0 saturated carbocycles. The molecule has 21 heavy (non-hydrogen) atoms. The summed E-state index contributed by atoms with van der Waals surface area (Å²) < 4.78 is 5.40. The number of aromatic amines is 1. The van der Waals surface area contributed by atoms with E-state index in [1.165, 1.54) is 17.7 Å². The van der Waals surface area contributed by atoms with Crippen LogP contribution in [0.25, 0.3) is 10.2 Å². The molecule has 0 saturated heterocycles. The van der Waals surface area contributed by atoms with Crippen molar-refractivity contribution in [1.29, 1.82) is 0 Å². The van der Waals surface area contributed by atoms with Gasteiger partial charge >= 0.3 is 0 Å². The molecular weight excluding hydrogens is 290 g/mol. The summed E-state index contributed by atoms with van der Waals surface area (Å²) in [5, 5.41) is 3.26. The molecule has 0 radical (unpaired) electrons. The van der Waals surface area contributed by atoms with Crippen LogP contribution in [0.4, 0.5) is 0 Å². The summed E-state index contributed by atoms with van der Waals surface area (Å²) in [6.45, 7) is 3.91. The summed E-state index contributed by atoms with van der Waals surface area (Å²) in [7, 11) is 0. The predicted octanol–water partition coefficient (Wildman–Crippen LogP) is 2.12. The van der Waals surface area contributed by atoms with E-state index in [1.54, 1.807) is 6.92 Å². The molecule has 0 spiro atoms. The van der Waals surface area contributed by atoms with Gasteiger partial charge in [0.15, 0.2) is 0 Å². The number of carbonyl (C=O) groups excluding carboxylic acids is 1. The van der Waals surface area contributed by atoms with E-state index in [9.17, 15) is 9.59 Å². The molecule has 7 heteroatoms. The number of fused-ring (bicyclic) bond motifs is 1. The second-order valence-corrected chi connectivity index (χ2v) is 5.66. The van der Waals surface area contributed by atoms with Gasteiger partial charge in [0.25, 0.3) is 11.5 Å². The molecule has 2 N–H and O–H groups in total. The van der Waals surface area contributed by atoms with Gasteiger partial charge in [-0.3, -0.25) is 9.59 Å². The molecule has 0 bridgehead atoms. The predicted molar refractivity (Wildman–Crippen MR) is 79.6 cm³/mol. The zero-order chi connectivity index (χ0) is 15.0. The number of thiophene rings is 1. The van der Waals surface area contributed by atoms with E-state index in [0.717, 1.165) is 5.76 Å². The highest BCUT2D eigenvalue weighted by Crippen LogP contribution is 2.26. The summed E-state index contributed by atoms with van der Waals surface area (Å²) in [6.07, 6.45) is 1.34. The fourth-order valence-electron chi connectivity index (χ4n) is 2.12. The van der Waals surface area contributed by atoms with Gasteiger partial charge in [-0.15, -0.1) is 11.3 Å². The third-order valence-corrected chi connectivity index (χ3v) is 4.36. The number of hydrogen-bond donors (Lipinski definition) is 2. The third kappa shape index (κ3) is 2.47. The smallest absolute Gasteiger partial charge is 0.262 e. The molecule has 3 rings (SSSR count). The Morgan fingerprint density at radius 1 is 1.43 bits per heavy atom. The molecule has 1 amide bonds. The van der Waals surface area contributed by atoms with Crippen LogP contribution in [0.3, 0.4) is 0 Å². The Morgan fingerprint density at radius 2 is 2.24 bits per heavy atom. The molecule has 0 aliphatic heterocycles. The Kier molecular flexibility index (Phi) is 3.34. The highest BCUT2D eigenvalue weighted by atomic mass is 32.1. The largest absolute Gasteiger partial charge is 0.465 e. The second kappa shape index (κ2) is 5.17. The SMILES string of the molecule is Cc1ccc(CNC(=O)c2sc3nc[nH]c(=O)c3c2C)o1. The maximum Gasteiger partial charge on any atom is 0.262 e. The molecule has 0 fully saturated rings. The quantitative estimate of drug-likeness (QED) is 0.776. The van der Waals surface area contributed by atoms with Crippen molar-refractivity contribution in [1.82, 2.24) is 15.3 Å². The molecule has 3 aromatic rings. The number of aromatic nitrogens is 2. The monoisotopic (exact) mass is 303 g/mol. The number of hydrogen-bond acceptors (Lipinski definition) is 5. The molecule has 3 aromatic heterocycles. The van der Waals surface area contributed by atoms with E-state index in [4.69, 9.17) is 4.42 Å². The van der Waals surface area contributed by atoms with E-state index in [2.05, 4.69) is 15.3 Å². The van der Waals surface area contributed by atoms with Gasteiger partial charge in [-0.2, -0.15) is 0 Å². The maximum atomic E-state index is 12.2. The number of nitrogens with one attached hydrogen (secondary N) is 2. The summed E-state index contributed by atoms with van der Waals surface area (Å²) >= 11 is 1.21. The normalized spacial score (nSPS) is 11.0. The van der Waals surface area contributed by atoms with Crippen LogP contribution in [-0.2, 0) is 6.54 Å². The summed E-state index contributed by atoms with van der Waals surface area (Å²) in [6, 6.07) is 3.66. The number of H-pyrrole nitrogens is 1. The molecule has 0 atom stereocenters. The molecule has 108 valence electrons. The fraction of sp³-hybridized carbons (Fsp3) is 0.214. The van der Waals surface area contributed by atoms with Gasteiger partial charge < -0.3 is 14.7 Å². The Balaban J connectivity index is 1.86. The Morgan fingerprint density at radius 3 is 2.90 bits per heavy atom. The lowest BCUT2D eigenvalue weighted by atomic mass is 10.2. The number of nitrogens with zero attached hydrogens (tertiary/aromatic N) is 1. The van der Waals surface area contributed by atoms with Crippen LogP contribution in [0.2, 0.25) is 0 Å². The number of rotatable bonds is 3. The van der Waals surface area contributed by atoms with Crippen LogP contribution in [0.5, 0.6) is 0 Å². The standard InChI is InChI=1S/C14H13N3O3S/c1-7-3-4-9(20-7)5-15-13(19)11-8(2)10-12(18)16-6-17-14(10)21-11/h3-4,6H,5H2,1-2H3,(H,15,19)(H,16,17,18). The highest BCUT2D eigenvalue weighted by molar-refractivity contribution is 7.20. The molecule has 0 aromatic carbocycles. The van der Waals surface area contributed by atoms with Gasteiger partial charge in [0, 0.05) is 0 Å². The maximum absolute atomic E-state index is 12.2. The van der Waals surface area contributed by atoms with Crippen molar-refractivity contribution in [3.63, 3.8) is 0 Å². The van der Waals surface area contributed by atoms with Gasteiger partial charge in [0.05, 0.1) is 23.1 Å². The summed E-state index contributed by atoms with van der Waals surface area (Å²) in [5.74, 6) is 1.26. The van der Waals surface area contributed by atoms with Gasteiger partial charge in [-0.25, -0.2) is 4.98 Å². The summed E-state index contributed by atoms with van der Waals surface area (Å²) in [4.78, 5) is 31.7. The first-order chi connectivity index (χ1) is 10.1. The zero-order valence-electron chi connectivity index (χ0n) is 11.5. The highest BCUT2D eigenvalue weighted by Gasteiger charge is 2.18. The van der Waals surface area contributed by atoms with E-state index in [0.29, 0.717) is 33.0 Å². The topological polar surface area (TPSA) is 88.0 Å². The zero-order valence-corrected chi connectivity index (χ0v) is 12.3. The molecule has 0 aliphatic rings. The van der Waals surface area contributed by atoms with E-state index in [1.807, 2.05) is 19.1 Å².